The van der Waals surface area contributed by atoms with E-state index in [9.17, 15) is 8.78 Å². The number of pyridine rings is 1. The standard InChI is InChI=1S/C8H8ClF2NO/c9-4-3-6-1-2-7(12-5-6)13-8(10)11/h1-2,5,8H,3-4H2. The van der Waals surface area contributed by atoms with Crippen molar-refractivity contribution in [1.82, 2.24) is 4.98 Å². The van der Waals surface area contributed by atoms with Gasteiger partial charge in [0.25, 0.3) is 0 Å². The van der Waals surface area contributed by atoms with Gasteiger partial charge in [-0.2, -0.15) is 8.78 Å². The first-order chi connectivity index (χ1) is 6.22. The highest BCUT2D eigenvalue weighted by molar-refractivity contribution is 6.17. The Morgan fingerprint density at radius 3 is 2.69 bits per heavy atom. The number of halogens is 3. The zero-order valence-corrected chi connectivity index (χ0v) is 7.47. The Kier molecular flexibility index (Phi) is 3.89. The summed E-state index contributed by atoms with van der Waals surface area (Å²) in [6.07, 6.45) is 2.14. The number of hydrogen-bond acceptors (Lipinski definition) is 2. The van der Waals surface area contributed by atoms with E-state index in [1.165, 1.54) is 12.3 Å². The minimum Gasteiger partial charge on any atom is -0.417 e. The SMILES string of the molecule is FC(F)Oc1ccc(CCCl)cn1. The average molecular weight is 208 g/mol. The minimum atomic E-state index is -2.83. The van der Waals surface area contributed by atoms with Gasteiger partial charge in [-0.3, -0.25) is 0 Å². The predicted molar refractivity (Wildman–Crippen MR) is 45.3 cm³/mol. The van der Waals surface area contributed by atoms with Crippen molar-refractivity contribution in [3.63, 3.8) is 0 Å². The number of aromatic nitrogens is 1. The van der Waals surface area contributed by atoms with Gasteiger partial charge in [-0.05, 0) is 12.0 Å². The van der Waals surface area contributed by atoms with E-state index in [-0.39, 0.29) is 5.88 Å². The predicted octanol–water partition coefficient (Wildman–Crippen LogP) is 2.46. The molecule has 0 saturated heterocycles. The third kappa shape index (κ3) is 3.55. The number of alkyl halides is 3. The van der Waals surface area contributed by atoms with Crippen LogP contribution in [0.2, 0.25) is 0 Å². The molecule has 0 saturated carbocycles. The first-order valence-electron chi connectivity index (χ1n) is 3.68. The first kappa shape index (κ1) is 10.2. The molecule has 72 valence electrons. The summed E-state index contributed by atoms with van der Waals surface area (Å²) in [7, 11) is 0. The molecule has 1 aromatic rings. The monoisotopic (exact) mass is 207 g/mol. The van der Waals surface area contributed by atoms with Gasteiger partial charge >= 0.3 is 6.61 Å². The van der Waals surface area contributed by atoms with E-state index in [2.05, 4.69) is 9.72 Å². The lowest BCUT2D eigenvalue weighted by Crippen LogP contribution is -2.03. The van der Waals surface area contributed by atoms with Gasteiger partial charge in [0, 0.05) is 18.1 Å². The van der Waals surface area contributed by atoms with Crippen molar-refractivity contribution in [2.24, 2.45) is 0 Å². The van der Waals surface area contributed by atoms with Crippen molar-refractivity contribution in [3.8, 4) is 5.88 Å². The van der Waals surface area contributed by atoms with Gasteiger partial charge in [-0.15, -0.1) is 11.6 Å². The molecule has 0 spiro atoms. The van der Waals surface area contributed by atoms with Crippen LogP contribution in [-0.2, 0) is 6.42 Å². The van der Waals surface area contributed by atoms with Crippen LogP contribution >= 0.6 is 11.6 Å². The van der Waals surface area contributed by atoms with Crippen LogP contribution in [0.25, 0.3) is 0 Å². The van der Waals surface area contributed by atoms with E-state index in [1.807, 2.05) is 0 Å². The second-order valence-electron chi connectivity index (χ2n) is 2.32. The summed E-state index contributed by atoms with van der Waals surface area (Å²) in [4.78, 5) is 3.68. The zero-order chi connectivity index (χ0) is 9.68. The third-order valence-electron chi connectivity index (χ3n) is 1.39. The second kappa shape index (κ2) is 4.97. The average Bonchev–Trinajstić information content (AvgIpc) is 2.08. The molecular weight excluding hydrogens is 200 g/mol. The van der Waals surface area contributed by atoms with Crippen molar-refractivity contribution in [1.29, 1.82) is 0 Å². The molecule has 0 aliphatic carbocycles. The summed E-state index contributed by atoms with van der Waals surface area (Å²) in [5.74, 6) is 0.407. The molecule has 0 amide bonds. The quantitative estimate of drug-likeness (QED) is 0.708. The largest absolute Gasteiger partial charge is 0.417 e. The lowest BCUT2D eigenvalue weighted by atomic mass is 10.2. The van der Waals surface area contributed by atoms with Gasteiger partial charge in [0.2, 0.25) is 5.88 Å². The molecular formula is C8H8ClF2NO. The van der Waals surface area contributed by atoms with Gasteiger partial charge in [0.15, 0.2) is 0 Å². The molecule has 2 nitrogen and oxygen atoms in total. The molecule has 0 fully saturated rings. The van der Waals surface area contributed by atoms with Gasteiger partial charge in [-0.1, -0.05) is 6.07 Å². The molecule has 0 unspecified atom stereocenters. The smallest absolute Gasteiger partial charge is 0.388 e. The van der Waals surface area contributed by atoms with Crippen LogP contribution in [0.15, 0.2) is 18.3 Å². The summed E-state index contributed by atoms with van der Waals surface area (Å²) in [6, 6.07) is 3.06. The molecule has 1 rings (SSSR count). The van der Waals surface area contributed by atoms with E-state index < -0.39 is 6.61 Å². The van der Waals surface area contributed by atoms with Gasteiger partial charge < -0.3 is 4.74 Å². The van der Waals surface area contributed by atoms with Gasteiger partial charge in [-0.25, -0.2) is 4.98 Å². The number of aryl methyl sites for hydroxylation is 1. The minimum absolute atomic E-state index is 0.0756. The maximum atomic E-state index is 11.7. The Hall–Kier alpha value is -0.900. The van der Waals surface area contributed by atoms with Crippen molar-refractivity contribution < 1.29 is 13.5 Å². The molecule has 5 heteroatoms. The van der Waals surface area contributed by atoms with Crippen molar-refractivity contribution in [2.45, 2.75) is 13.0 Å². The number of rotatable bonds is 4. The molecule has 0 bridgehead atoms. The highest BCUT2D eigenvalue weighted by Crippen LogP contribution is 2.11. The summed E-state index contributed by atoms with van der Waals surface area (Å²) < 4.78 is 27.4. The van der Waals surface area contributed by atoms with Crippen LogP contribution in [0.1, 0.15) is 5.56 Å². The van der Waals surface area contributed by atoms with E-state index in [1.54, 1.807) is 6.07 Å². The van der Waals surface area contributed by atoms with Crippen LogP contribution in [0.4, 0.5) is 8.78 Å². The Morgan fingerprint density at radius 2 is 2.23 bits per heavy atom. The fourth-order valence-corrected chi connectivity index (χ4v) is 1.05. The molecule has 13 heavy (non-hydrogen) atoms. The van der Waals surface area contributed by atoms with Crippen LogP contribution in [0.3, 0.4) is 0 Å². The molecule has 0 aromatic carbocycles. The summed E-state index contributed by atoms with van der Waals surface area (Å²) in [5, 5.41) is 0. The van der Waals surface area contributed by atoms with E-state index >= 15 is 0 Å². The van der Waals surface area contributed by atoms with Crippen molar-refractivity contribution in [2.75, 3.05) is 5.88 Å². The normalized spacial score (nSPS) is 10.5. The highest BCUT2D eigenvalue weighted by atomic mass is 35.5. The molecule has 0 aliphatic heterocycles. The van der Waals surface area contributed by atoms with E-state index in [0.29, 0.717) is 12.3 Å². The third-order valence-corrected chi connectivity index (χ3v) is 1.58. The Morgan fingerprint density at radius 1 is 1.46 bits per heavy atom. The fourth-order valence-electron chi connectivity index (χ4n) is 0.829. The second-order valence-corrected chi connectivity index (χ2v) is 2.70. The Balaban J connectivity index is 2.59. The fraction of sp³-hybridized carbons (Fsp3) is 0.375. The lowest BCUT2D eigenvalue weighted by Gasteiger charge is -2.03. The maximum absolute atomic E-state index is 11.7. The lowest BCUT2D eigenvalue weighted by molar-refractivity contribution is -0.0528. The Bertz CT molecular complexity index is 253. The van der Waals surface area contributed by atoms with Crippen LogP contribution < -0.4 is 4.74 Å². The highest BCUT2D eigenvalue weighted by Gasteiger charge is 2.04. The number of hydrogen-bond donors (Lipinski definition) is 0. The summed E-state index contributed by atoms with van der Waals surface area (Å²) in [5.41, 5.74) is 0.900. The first-order valence-corrected chi connectivity index (χ1v) is 4.21. The number of ether oxygens (including phenoxy) is 1. The Labute approximate surface area is 79.5 Å². The maximum Gasteiger partial charge on any atom is 0.388 e. The van der Waals surface area contributed by atoms with E-state index in [4.69, 9.17) is 11.6 Å². The molecule has 0 N–H and O–H groups in total. The molecule has 0 aliphatic rings. The summed E-state index contributed by atoms with van der Waals surface area (Å²) >= 11 is 5.48. The van der Waals surface area contributed by atoms with E-state index in [0.717, 1.165) is 5.56 Å². The molecule has 0 atom stereocenters. The zero-order valence-electron chi connectivity index (χ0n) is 6.71. The van der Waals surface area contributed by atoms with Gasteiger partial charge in [0.1, 0.15) is 0 Å². The van der Waals surface area contributed by atoms with Gasteiger partial charge in [0.05, 0.1) is 0 Å². The molecule has 0 radical (unpaired) electrons. The van der Waals surface area contributed by atoms with Crippen LogP contribution in [0.5, 0.6) is 5.88 Å². The van der Waals surface area contributed by atoms with Crippen molar-refractivity contribution in [3.05, 3.63) is 23.9 Å². The number of nitrogens with zero attached hydrogens (tertiary/aromatic N) is 1. The van der Waals surface area contributed by atoms with Crippen LogP contribution in [0, 0.1) is 0 Å². The molecule has 1 aromatic heterocycles. The molecule has 1 heterocycles. The summed E-state index contributed by atoms with van der Waals surface area (Å²) in [6.45, 7) is -2.83. The van der Waals surface area contributed by atoms with Crippen LogP contribution in [-0.4, -0.2) is 17.5 Å². The topological polar surface area (TPSA) is 22.1 Å². The van der Waals surface area contributed by atoms with Crippen molar-refractivity contribution >= 4 is 11.6 Å².